The molecule has 0 saturated carbocycles. The largest absolute Gasteiger partial charge is 0.498 e. The van der Waals surface area contributed by atoms with Crippen LogP contribution in [0.3, 0.4) is 0 Å². The highest BCUT2D eigenvalue weighted by Gasteiger charge is 2.14. The Kier molecular flexibility index (Phi) is 2.87. The minimum atomic E-state index is 0.412. The maximum atomic E-state index is 5.52. The zero-order valence-corrected chi connectivity index (χ0v) is 8.57. The van der Waals surface area contributed by atoms with Crippen molar-refractivity contribution >= 4 is 0 Å². The third-order valence-corrected chi connectivity index (χ3v) is 2.61. The molecule has 0 saturated heterocycles. The highest BCUT2D eigenvalue weighted by atomic mass is 16.5. The van der Waals surface area contributed by atoms with Gasteiger partial charge in [0, 0.05) is 6.42 Å². The zero-order valence-electron chi connectivity index (χ0n) is 8.57. The first-order valence-electron chi connectivity index (χ1n) is 5.19. The lowest BCUT2D eigenvalue weighted by Crippen LogP contribution is -2.06. The van der Waals surface area contributed by atoms with Crippen LogP contribution in [0.25, 0.3) is 0 Å². The van der Waals surface area contributed by atoms with E-state index in [1.165, 1.54) is 11.1 Å². The van der Waals surface area contributed by atoms with Gasteiger partial charge >= 0.3 is 0 Å². The Morgan fingerprint density at radius 2 is 2.07 bits per heavy atom. The molecule has 0 radical (unpaired) electrons. The average Bonchev–Trinajstić information content (AvgIpc) is 2.63. The molecule has 1 atom stereocenters. The Bertz CT molecular complexity index is 313. The van der Waals surface area contributed by atoms with Crippen molar-refractivity contribution in [2.24, 2.45) is 0 Å². The summed E-state index contributed by atoms with van der Waals surface area (Å²) in [4.78, 5) is 0. The minimum absolute atomic E-state index is 0.412. The van der Waals surface area contributed by atoms with Gasteiger partial charge in [-0.05, 0) is 30.9 Å². The lowest BCUT2D eigenvalue weighted by atomic mass is 10.0. The molecule has 74 valence electrons. The predicted molar refractivity (Wildman–Crippen MR) is 58.0 cm³/mol. The van der Waals surface area contributed by atoms with Crippen molar-refractivity contribution in [2.75, 3.05) is 0 Å². The van der Waals surface area contributed by atoms with Crippen molar-refractivity contribution < 1.29 is 4.74 Å². The smallest absolute Gasteiger partial charge is 0.102 e. The van der Waals surface area contributed by atoms with E-state index in [2.05, 4.69) is 37.3 Å². The van der Waals surface area contributed by atoms with Gasteiger partial charge in [-0.2, -0.15) is 0 Å². The molecule has 0 bridgehead atoms. The first kappa shape index (κ1) is 9.32. The first-order chi connectivity index (χ1) is 6.84. The molecular weight excluding hydrogens is 172 g/mol. The molecule has 1 nitrogen and oxygen atoms in total. The molecule has 1 aromatic rings. The molecule has 1 aliphatic rings. The molecular formula is C13H16O. The molecule has 2 rings (SSSR count). The lowest BCUT2D eigenvalue weighted by molar-refractivity contribution is 0.161. The van der Waals surface area contributed by atoms with Crippen LogP contribution in [-0.2, 0) is 11.2 Å². The van der Waals surface area contributed by atoms with Crippen LogP contribution in [0, 0.1) is 0 Å². The van der Waals surface area contributed by atoms with Crippen LogP contribution >= 0.6 is 0 Å². The van der Waals surface area contributed by atoms with Gasteiger partial charge in [0.25, 0.3) is 0 Å². The van der Waals surface area contributed by atoms with Crippen LogP contribution in [0.2, 0.25) is 0 Å². The highest BCUT2D eigenvalue weighted by molar-refractivity contribution is 5.15. The number of benzene rings is 1. The summed E-state index contributed by atoms with van der Waals surface area (Å²) >= 11 is 0. The second-order valence-corrected chi connectivity index (χ2v) is 3.95. The molecule has 0 aliphatic carbocycles. The van der Waals surface area contributed by atoms with Gasteiger partial charge in [0.1, 0.15) is 6.10 Å². The SMILES string of the molecule is CC1=COC(CCc2ccccc2)C1. The Morgan fingerprint density at radius 1 is 1.29 bits per heavy atom. The maximum Gasteiger partial charge on any atom is 0.102 e. The van der Waals surface area contributed by atoms with E-state index in [-0.39, 0.29) is 0 Å². The van der Waals surface area contributed by atoms with Gasteiger partial charge < -0.3 is 4.74 Å². The quantitative estimate of drug-likeness (QED) is 0.707. The molecule has 14 heavy (non-hydrogen) atoms. The molecule has 0 N–H and O–H groups in total. The van der Waals surface area contributed by atoms with E-state index in [0.29, 0.717) is 6.10 Å². The van der Waals surface area contributed by atoms with Gasteiger partial charge in [-0.15, -0.1) is 0 Å². The Hall–Kier alpha value is -1.24. The summed E-state index contributed by atoms with van der Waals surface area (Å²) in [6, 6.07) is 10.6. The Labute approximate surface area is 85.4 Å². The summed E-state index contributed by atoms with van der Waals surface area (Å²) in [5, 5.41) is 0. The average molecular weight is 188 g/mol. The third-order valence-electron chi connectivity index (χ3n) is 2.61. The Balaban J connectivity index is 1.79. The number of hydrogen-bond donors (Lipinski definition) is 0. The van der Waals surface area contributed by atoms with Crippen molar-refractivity contribution in [3.8, 4) is 0 Å². The van der Waals surface area contributed by atoms with E-state index in [1.807, 2.05) is 6.26 Å². The molecule has 0 spiro atoms. The topological polar surface area (TPSA) is 9.23 Å². The first-order valence-corrected chi connectivity index (χ1v) is 5.19. The van der Waals surface area contributed by atoms with Crippen LogP contribution in [0.15, 0.2) is 42.2 Å². The summed E-state index contributed by atoms with van der Waals surface area (Å²) in [7, 11) is 0. The molecule has 1 heteroatoms. The van der Waals surface area contributed by atoms with Crippen LogP contribution in [-0.4, -0.2) is 6.10 Å². The fourth-order valence-corrected chi connectivity index (χ4v) is 1.81. The predicted octanol–water partition coefficient (Wildman–Crippen LogP) is 3.31. The highest BCUT2D eigenvalue weighted by Crippen LogP contribution is 2.21. The van der Waals surface area contributed by atoms with Crippen LogP contribution in [0.4, 0.5) is 0 Å². The summed E-state index contributed by atoms with van der Waals surface area (Å²) in [5.41, 5.74) is 2.77. The molecule has 1 heterocycles. The van der Waals surface area contributed by atoms with E-state index in [4.69, 9.17) is 4.74 Å². The number of ether oxygens (including phenoxy) is 1. The lowest BCUT2D eigenvalue weighted by Gasteiger charge is -2.09. The fourth-order valence-electron chi connectivity index (χ4n) is 1.81. The molecule has 0 amide bonds. The summed E-state index contributed by atoms with van der Waals surface area (Å²) in [6.45, 7) is 2.13. The number of rotatable bonds is 3. The summed E-state index contributed by atoms with van der Waals surface area (Å²) < 4.78 is 5.52. The normalized spacial score (nSPS) is 20.4. The Morgan fingerprint density at radius 3 is 2.71 bits per heavy atom. The third kappa shape index (κ3) is 2.38. The molecule has 1 unspecified atom stereocenters. The second-order valence-electron chi connectivity index (χ2n) is 3.95. The molecule has 0 fully saturated rings. The number of aryl methyl sites for hydroxylation is 1. The number of hydrogen-bond acceptors (Lipinski definition) is 1. The molecule has 1 aromatic carbocycles. The van der Waals surface area contributed by atoms with E-state index in [9.17, 15) is 0 Å². The van der Waals surface area contributed by atoms with E-state index in [1.54, 1.807) is 0 Å². The van der Waals surface area contributed by atoms with Gasteiger partial charge in [0.15, 0.2) is 0 Å². The zero-order chi connectivity index (χ0) is 9.80. The summed E-state index contributed by atoms with van der Waals surface area (Å²) in [6.07, 6.45) is 5.66. The monoisotopic (exact) mass is 188 g/mol. The van der Waals surface area contributed by atoms with Crippen molar-refractivity contribution in [3.63, 3.8) is 0 Å². The van der Waals surface area contributed by atoms with Gasteiger partial charge in [-0.3, -0.25) is 0 Å². The van der Waals surface area contributed by atoms with E-state index >= 15 is 0 Å². The minimum Gasteiger partial charge on any atom is -0.498 e. The standard InChI is InChI=1S/C13H16O/c1-11-9-13(14-10-11)8-7-12-5-3-2-4-6-12/h2-6,10,13H,7-9H2,1H3. The van der Waals surface area contributed by atoms with Crippen molar-refractivity contribution in [3.05, 3.63) is 47.7 Å². The van der Waals surface area contributed by atoms with Gasteiger partial charge in [-0.1, -0.05) is 30.3 Å². The molecule has 1 aliphatic heterocycles. The van der Waals surface area contributed by atoms with Crippen molar-refractivity contribution in [2.45, 2.75) is 32.3 Å². The van der Waals surface area contributed by atoms with Gasteiger partial charge in [0.05, 0.1) is 6.26 Å². The van der Waals surface area contributed by atoms with Crippen LogP contribution in [0.1, 0.15) is 25.3 Å². The van der Waals surface area contributed by atoms with E-state index < -0.39 is 0 Å². The maximum absolute atomic E-state index is 5.52. The summed E-state index contributed by atoms with van der Waals surface area (Å²) in [5.74, 6) is 0. The van der Waals surface area contributed by atoms with Gasteiger partial charge in [0.2, 0.25) is 0 Å². The van der Waals surface area contributed by atoms with Crippen molar-refractivity contribution in [1.82, 2.24) is 0 Å². The molecule has 0 aromatic heterocycles. The van der Waals surface area contributed by atoms with Gasteiger partial charge in [-0.25, -0.2) is 0 Å². The van der Waals surface area contributed by atoms with Crippen molar-refractivity contribution in [1.29, 1.82) is 0 Å². The van der Waals surface area contributed by atoms with Crippen LogP contribution in [0.5, 0.6) is 0 Å². The van der Waals surface area contributed by atoms with E-state index in [0.717, 1.165) is 19.3 Å². The van der Waals surface area contributed by atoms with Crippen LogP contribution < -0.4 is 0 Å². The fraction of sp³-hybridized carbons (Fsp3) is 0.385. The second kappa shape index (κ2) is 4.32.